The van der Waals surface area contributed by atoms with Crippen molar-refractivity contribution in [3.63, 3.8) is 0 Å². The number of benzene rings is 1. The van der Waals surface area contributed by atoms with E-state index in [0.29, 0.717) is 12.8 Å². The molecular weight excluding hydrogens is 198 g/mol. The second kappa shape index (κ2) is 5.97. The van der Waals surface area contributed by atoms with E-state index in [2.05, 4.69) is 11.2 Å². The molecule has 0 bridgehead atoms. The van der Waals surface area contributed by atoms with Crippen molar-refractivity contribution in [2.75, 3.05) is 5.32 Å². The Labute approximate surface area is 97.1 Å². The van der Waals surface area contributed by atoms with Crippen molar-refractivity contribution >= 4 is 11.5 Å². The highest BCUT2D eigenvalue weighted by molar-refractivity contribution is 5.96. The Bertz CT molecular complexity index is 386. The Morgan fingerprint density at radius 2 is 2.06 bits per heavy atom. The number of nitrogens with one attached hydrogen (secondary N) is 1. The van der Waals surface area contributed by atoms with Gasteiger partial charge in [0.15, 0.2) is 5.78 Å². The standard InChI is InChI=1S/C14H17NO/c1-4-6-11(3)15-13-9-7-12(8-10-13)14(16)5-2/h1,7-11,15H,5-6H2,2-3H3. The van der Waals surface area contributed by atoms with Gasteiger partial charge < -0.3 is 5.32 Å². The third-order valence-electron chi connectivity index (χ3n) is 2.37. The summed E-state index contributed by atoms with van der Waals surface area (Å²) < 4.78 is 0. The lowest BCUT2D eigenvalue weighted by Crippen LogP contribution is -2.13. The summed E-state index contributed by atoms with van der Waals surface area (Å²) in [4.78, 5) is 11.4. The molecule has 0 aliphatic heterocycles. The smallest absolute Gasteiger partial charge is 0.162 e. The van der Waals surface area contributed by atoms with Crippen LogP contribution >= 0.6 is 0 Å². The molecule has 16 heavy (non-hydrogen) atoms. The third-order valence-corrected chi connectivity index (χ3v) is 2.37. The van der Waals surface area contributed by atoms with Gasteiger partial charge in [-0.05, 0) is 31.2 Å². The van der Waals surface area contributed by atoms with Crippen molar-refractivity contribution in [2.45, 2.75) is 32.7 Å². The maximum Gasteiger partial charge on any atom is 0.162 e. The van der Waals surface area contributed by atoms with Gasteiger partial charge in [-0.25, -0.2) is 0 Å². The predicted octanol–water partition coefficient (Wildman–Crippen LogP) is 3.10. The summed E-state index contributed by atoms with van der Waals surface area (Å²) in [5, 5.41) is 3.27. The van der Waals surface area contributed by atoms with E-state index in [9.17, 15) is 4.79 Å². The van der Waals surface area contributed by atoms with Crippen molar-refractivity contribution in [3.8, 4) is 12.3 Å². The van der Waals surface area contributed by atoms with Gasteiger partial charge in [0.2, 0.25) is 0 Å². The topological polar surface area (TPSA) is 29.1 Å². The lowest BCUT2D eigenvalue weighted by Gasteiger charge is -2.12. The molecule has 0 spiro atoms. The highest BCUT2D eigenvalue weighted by atomic mass is 16.1. The molecule has 2 heteroatoms. The van der Waals surface area contributed by atoms with Gasteiger partial charge in [0, 0.05) is 30.1 Å². The van der Waals surface area contributed by atoms with Crippen LogP contribution in [0.1, 0.15) is 37.0 Å². The molecule has 0 heterocycles. The van der Waals surface area contributed by atoms with E-state index >= 15 is 0 Å². The van der Waals surface area contributed by atoms with Crippen molar-refractivity contribution < 1.29 is 4.79 Å². The summed E-state index contributed by atoms with van der Waals surface area (Å²) in [6, 6.07) is 7.76. The largest absolute Gasteiger partial charge is 0.382 e. The molecule has 1 aromatic carbocycles. The van der Waals surface area contributed by atoms with Crippen LogP contribution in [-0.2, 0) is 0 Å². The highest BCUT2D eigenvalue weighted by Crippen LogP contribution is 2.12. The van der Waals surface area contributed by atoms with Gasteiger partial charge in [-0.2, -0.15) is 0 Å². The average molecular weight is 215 g/mol. The molecule has 1 rings (SSSR count). The average Bonchev–Trinajstić information content (AvgIpc) is 2.29. The fraction of sp³-hybridized carbons (Fsp3) is 0.357. The van der Waals surface area contributed by atoms with Crippen LogP contribution in [0.4, 0.5) is 5.69 Å². The SMILES string of the molecule is C#CCC(C)Nc1ccc(C(=O)CC)cc1. The summed E-state index contributed by atoms with van der Waals surface area (Å²) in [6.45, 7) is 3.90. The number of anilines is 1. The van der Waals surface area contributed by atoms with Gasteiger partial charge in [0.05, 0.1) is 0 Å². The monoisotopic (exact) mass is 215 g/mol. The quantitative estimate of drug-likeness (QED) is 0.604. The molecule has 0 aromatic heterocycles. The molecule has 0 saturated heterocycles. The number of terminal acetylenes is 1. The van der Waals surface area contributed by atoms with E-state index in [-0.39, 0.29) is 11.8 Å². The minimum absolute atomic E-state index is 0.170. The molecule has 1 aromatic rings. The van der Waals surface area contributed by atoms with Gasteiger partial charge in [-0.3, -0.25) is 4.79 Å². The van der Waals surface area contributed by atoms with E-state index in [0.717, 1.165) is 11.3 Å². The first-order valence-corrected chi connectivity index (χ1v) is 5.50. The van der Waals surface area contributed by atoms with Crippen LogP contribution in [0.3, 0.4) is 0 Å². The number of hydrogen-bond acceptors (Lipinski definition) is 2. The number of carbonyl (C=O) groups excluding carboxylic acids is 1. The minimum atomic E-state index is 0.170. The second-order valence-electron chi connectivity index (χ2n) is 3.81. The first-order valence-electron chi connectivity index (χ1n) is 5.50. The highest BCUT2D eigenvalue weighted by Gasteiger charge is 2.03. The van der Waals surface area contributed by atoms with Gasteiger partial charge >= 0.3 is 0 Å². The Hall–Kier alpha value is -1.75. The molecule has 0 saturated carbocycles. The molecule has 0 aliphatic carbocycles. The number of hydrogen-bond donors (Lipinski definition) is 1. The molecule has 1 atom stereocenters. The third kappa shape index (κ3) is 3.43. The van der Waals surface area contributed by atoms with E-state index < -0.39 is 0 Å². The van der Waals surface area contributed by atoms with Crippen LogP contribution in [0.2, 0.25) is 0 Å². The van der Waals surface area contributed by atoms with Crippen molar-refractivity contribution in [1.82, 2.24) is 0 Å². The van der Waals surface area contributed by atoms with Gasteiger partial charge in [-0.1, -0.05) is 6.92 Å². The van der Waals surface area contributed by atoms with Crippen molar-refractivity contribution in [2.24, 2.45) is 0 Å². The Balaban J connectivity index is 2.65. The molecule has 1 N–H and O–H groups in total. The van der Waals surface area contributed by atoms with E-state index in [1.807, 2.05) is 38.1 Å². The predicted molar refractivity (Wildman–Crippen MR) is 67.6 cm³/mol. The summed E-state index contributed by atoms with van der Waals surface area (Å²) in [7, 11) is 0. The zero-order chi connectivity index (χ0) is 12.0. The molecule has 0 fully saturated rings. The van der Waals surface area contributed by atoms with E-state index in [4.69, 9.17) is 6.42 Å². The first-order chi connectivity index (χ1) is 7.67. The van der Waals surface area contributed by atoms with Crippen LogP contribution in [0.15, 0.2) is 24.3 Å². The number of ketones is 1. The first kappa shape index (κ1) is 12.3. The molecule has 2 nitrogen and oxygen atoms in total. The Morgan fingerprint density at radius 3 is 2.56 bits per heavy atom. The number of Topliss-reactive ketones (excluding diaryl/α,β-unsaturated/α-hetero) is 1. The van der Waals surface area contributed by atoms with Crippen LogP contribution in [0.5, 0.6) is 0 Å². The summed E-state index contributed by atoms with van der Waals surface area (Å²) in [6.07, 6.45) is 6.46. The van der Waals surface area contributed by atoms with Crippen LogP contribution in [0.25, 0.3) is 0 Å². The fourth-order valence-electron chi connectivity index (χ4n) is 1.47. The second-order valence-corrected chi connectivity index (χ2v) is 3.81. The van der Waals surface area contributed by atoms with Crippen molar-refractivity contribution in [3.05, 3.63) is 29.8 Å². The Kier molecular flexibility index (Phi) is 4.60. The lowest BCUT2D eigenvalue weighted by atomic mass is 10.1. The molecule has 0 amide bonds. The molecule has 1 unspecified atom stereocenters. The van der Waals surface area contributed by atoms with Gasteiger partial charge in [0.1, 0.15) is 0 Å². The molecule has 84 valence electrons. The normalized spacial score (nSPS) is 11.6. The Morgan fingerprint density at radius 1 is 1.44 bits per heavy atom. The zero-order valence-electron chi connectivity index (χ0n) is 9.79. The molecular formula is C14H17NO. The van der Waals surface area contributed by atoms with E-state index in [1.165, 1.54) is 0 Å². The van der Waals surface area contributed by atoms with Gasteiger partial charge in [0.25, 0.3) is 0 Å². The summed E-state index contributed by atoms with van der Waals surface area (Å²) >= 11 is 0. The minimum Gasteiger partial charge on any atom is -0.382 e. The number of rotatable bonds is 5. The molecule has 0 radical (unpaired) electrons. The van der Waals surface area contributed by atoms with E-state index in [1.54, 1.807) is 0 Å². The lowest BCUT2D eigenvalue weighted by molar-refractivity contribution is 0.0988. The molecule has 0 aliphatic rings. The fourth-order valence-corrected chi connectivity index (χ4v) is 1.47. The van der Waals surface area contributed by atoms with Crippen LogP contribution < -0.4 is 5.32 Å². The van der Waals surface area contributed by atoms with Crippen LogP contribution in [0, 0.1) is 12.3 Å². The zero-order valence-corrected chi connectivity index (χ0v) is 9.79. The summed E-state index contributed by atoms with van der Waals surface area (Å²) in [5.41, 5.74) is 1.76. The van der Waals surface area contributed by atoms with Crippen molar-refractivity contribution in [1.29, 1.82) is 0 Å². The van der Waals surface area contributed by atoms with Crippen LogP contribution in [-0.4, -0.2) is 11.8 Å². The maximum absolute atomic E-state index is 11.4. The maximum atomic E-state index is 11.4. The summed E-state index contributed by atoms with van der Waals surface area (Å²) in [5.74, 6) is 2.78. The van der Waals surface area contributed by atoms with Gasteiger partial charge in [-0.15, -0.1) is 12.3 Å². The number of carbonyl (C=O) groups is 1.